The molecule has 0 aliphatic carbocycles. The third-order valence-electron chi connectivity index (χ3n) is 2.76. The van der Waals surface area contributed by atoms with E-state index in [1.165, 1.54) is 0 Å². The summed E-state index contributed by atoms with van der Waals surface area (Å²) in [5.41, 5.74) is 0.218. The molecule has 0 aliphatic heterocycles. The van der Waals surface area contributed by atoms with Crippen LogP contribution >= 0.6 is 11.3 Å². The molecule has 0 unspecified atom stereocenters. The monoisotopic (exact) mass is 299 g/mol. The van der Waals surface area contributed by atoms with E-state index in [1.54, 1.807) is 6.92 Å². The number of nitrogens with one attached hydrogen (secondary N) is 2. The molecule has 0 bridgehead atoms. The third kappa shape index (κ3) is 4.80. The molecule has 6 nitrogen and oxygen atoms in total. The molecule has 0 radical (unpaired) electrons. The van der Waals surface area contributed by atoms with Crippen LogP contribution in [0.1, 0.15) is 54.0 Å². The minimum absolute atomic E-state index is 0.216. The van der Waals surface area contributed by atoms with Crippen molar-refractivity contribution in [3.8, 4) is 0 Å². The molecule has 1 aromatic heterocycles. The summed E-state index contributed by atoms with van der Waals surface area (Å²) in [6, 6.07) is -0.270. The van der Waals surface area contributed by atoms with E-state index in [-0.39, 0.29) is 23.0 Å². The average Bonchev–Trinajstić information content (AvgIpc) is 2.67. The number of hydrogen-bond donors (Lipinski definition) is 3. The number of carbonyl (C=O) groups is 2. The largest absolute Gasteiger partial charge is 0.477 e. The van der Waals surface area contributed by atoms with E-state index in [4.69, 9.17) is 5.11 Å². The number of hydrogen-bond acceptors (Lipinski definition) is 4. The van der Waals surface area contributed by atoms with Gasteiger partial charge in [-0.1, -0.05) is 13.3 Å². The maximum Gasteiger partial charge on any atom is 0.347 e. The van der Waals surface area contributed by atoms with Crippen LogP contribution in [-0.2, 0) is 6.54 Å². The van der Waals surface area contributed by atoms with Crippen LogP contribution in [-0.4, -0.2) is 27.6 Å². The number of aryl methyl sites for hydroxylation is 1. The summed E-state index contributed by atoms with van der Waals surface area (Å²) < 4.78 is 0. The fourth-order valence-electron chi connectivity index (χ4n) is 1.92. The number of amides is 2. The van der Waals surface area contributed by atoms with Gasteiger partial charge in [-0.15, -0.1) is 11.3 Å². The van der Waals surface area contributed by atoms with Gasteiger partial charge in [0.05, 0.1) is 12.2 Å². The van der Waals surface area contributed by atoms with Crippen molar-refractivity contribution in [2.24, 2.45) is 0 Å². The molecule has 1 aromatic rings. The van der Waals surface area contributed by atoms with Crippen molar-refractivity contribution < 1.29 is 14.7 Å². The van der Waals surface area contributed by atoms with E-state index in [2.05, 4.69) is 22.5 Å². The van der Waals surface area contributed by atoms with Crippen molar-refractivity contribution in [2.45, 2.75) is 52.6 Å². The lowest BCUT2D eigenvalue weighted by Crippen LogP contribution is -2.48. The van der Waals surface area contributed by atoms with Crippen LogP contribution in [0.4, 0.5) is 4.79 Å². The average molecular weight is 299 g/mol. The Bertz CT molecular complexity index is 497. The van der Waals surface area contributed by atoms with Crippen molar-refractivity contribution in [2.75, 3.05) is 0 Å². The molecule has 20 heavy (non-hydrogen) atoms. The predicted octanol–water partition coefficient (Wildman–Crippen LogP) is 2.53. The fourth-order valence-corrected chi connectivity index (χ4v) is 2.76. The predicted molar refractivity (Wildman–Crippen MR) is 78.2 cm³/mol. The first-order chi connectivity index (χ1) is 9.25. The molecule has 0 saturated heterocycles. The fraction of sp³-hybridized carbons (Fsp3) is 0.615. The van der Waals surface area contributed by atoms with Crippen LogP contribution < -0.4 is 10.6 Å². The lowest BCUT2D eigenvalue weighted by molar-refractivity contribution is 0.0701. The number of rotatable bonds is 6. The van der Waals surface area contributed by atoms with Gasteiger partial charge >= 0.3 is 12.0 Å². The van der Waals surface area contributed by atoms with Crippen LogP contribution in [0.15, 0.2) is 0 Å². The van der Waals surface area contributed by atoms with Gasteiger partial charge in [0.2, 0.25) is 0 Å². The topological polar surface area (TPSA) is 91.3 Å². The molecule has 1 heterocycles. The van der Waals surface area contributed by atoms with E-state index in [0.29, 0.717) is 10.7 Å². The molecule has 2 amide bonds. The molecule has 1 rings (SSSR count). The summed E-state index contributed by atoms with van der Waals surface area (Å²) in [5.74, 6) is -0.986. The zero-order chi connectivity index (χ0) is 15.3. The highest BCUT2D eigenvalue weighted by molar-refractivity contribution is 7.13. The van der Waals surface area contributed by atoms with Crippen molar-refractivity contribution in [3.05, 3.63) is 15.6 Å². The van der Waals surface area contributed by atoms with Crippen molar-refractivity contribution in [1.82, 2.24) is 15.6 Å². The number of urea groups is 1. The van der Waals surface area contributed by atoms with Gasteiger partial charge in [0.15, 0.2) is 0 Å². The van der Waals surface area contributed by atoms with Gasteiger partial charge < -0.3 is 15.7 Å². The SMILES string of the molecule is CCCC(C)(C)NC(=O)NCc1nc(C)c(C(=O)O)s1. The van der Waals surface area contributed by atoms with Gasteiger partial charge in [-0.05, 0) is 27.2 Å². The second-order valence-corrected chi connectivity index (χ2v) is 6.35. The zero-order valence-corrected chi connectivity index (χ0v) is 13.1. The molecule has 112 valence electrons. The number of nitrogens with zero attached hydrogens (tertiary/aromatic N) is 1. The lowest BCUT2D eigenvalue weighted by Gasteiger charge is -2.25. The van der Waals surface area contributed by atoms with Gasteiger partial charge in [-0.2, -0.15) is 0 Å². The minimum Gasteiger partial charge on any atom is -0.477 e. The minimum atomic E-state index is -0.986. The second kappa shape index (κ2) is 6.69. The van der Waals surface area contributed by atoms with Gasteiger partial charge in [0.25, 0.3) is 0 Å². The second-order valence-electron chi connectivity index (χ2n) is 5.27. The summed E-state index contributed by atoms with van der Waals surface area (Å²) in [6.07, 6.45) is 1.88. The molecule has 0 atom stereocenters. The van der Waals surface area contributed by atoms with E-state index in [9.17, 15) is 9.59 Å². The van der Waals surface area contributed by atoms with Gasteiger partial charge in [0, 0.05) is 5.54 Å². The highest BCUT2D eigenvalue weighted by Gasteiger charge is 2.19. The maximum absolute atomic E-state index is 11.8. The summed E-state index contributed by atoms with van der Waals surface area (Å²) in [4.78, 5) is 27.0. The Hall–Kier alpha value is -1.63. The number of thiazole rings is 1. The lowest BCUT2D eigenvalue weighted by atomic mass is 9.99. The molecular weight excluding hydrogens is 278 g/mol. The Morgan fingerprint density at radius 3 is 2.55 bits per heavy atom. The molecule has 0 fully saturated rings. The maximum atomic E-state index is 11.8. The number of aromatic carboxylic acids is 1. The third-order valence-corrected chi connectivity index (χ3v) is 3.91. The molecule has 7 heteroatoms. The Morgan fingerprint density at radius 1 is 1.40 bits per heavy atom. The van der Waals surface area contributed by atoms with Crippen LogP contribution in [0.2, 0.25) is 0 Å². The van der Waals surface area contributed by atoms with Crippen molar-refractivity contribution >= 4 is 23.3 Å². The molecule has 0 saturated carbocycles. The van der Waals surface area contributed by atoms with E-state index in [0.717, 1.165) is 24.2 Å². The zero-order valence-electron chi connectivity index (χ0n) is 12.2. The number of carboxylic acid groups (broad SMARTS) is 1. The summed E-state index contributed by atoms with van der Waals surface area (Å²) >= 11 is 1.08. The molecule has 3 N–H and O–H groups in total. The number of carboxylic acids is 1. The smallest absolute Gasteiger partial charge is 0.347 e. The quantitative estimate of drug-likeness (QED) is 0.752. The molecular formula is C13H21N3O3S. The van der Waals surface area contributed by atoms with E-state index < -0.39 is 5.97 Å². The Labute approximate surface area is 122 Å². The van der Waals surface area contributed by atoms with Gasteiger partial charge in [-0.3, -0.25) is 0 Å². The molecule has 0 aromatic carbocycles. The summed E-state index contributed by atoms with van der Waals surface area (Å²) in [7, 11) is 0. The first-order valence-electron chi connectivity index (χ1n) is 6.51. The van der Waals surface area contributed by atoms with Crippen LogP contribution in [0.25, 0.3) is 0 Å². The van der Waals surface area contributed by atoms with Crippen molar-refractivity contribution in [3.63, 3.8) is 0 Å². The van der Waals surface area contributed by atoms with Crippen LogP contribution in [0, 0.1) is 6.92 Å². The first-order valence-corrected chi connectivity index (χ1v) is 7.32. The summed E-state index contributed by atoms with van der Waals surface area (Å²) in [6.45, 7) is 7.87. The highest BCUT2D eigenvalue weighted by atomic mass is 32.1. The van der Waals surface area contributed by atoms with Crippen molar-refractivity contribution in [1.29, 1.82) is 0 Å². The number of aromatic nitrogens is 1. The summed E-state index contributed by atoms with van der Waals surface area (Å²) in [5, 5.41) is 15.1. The van der Waals surface area contributed by atoms with Crippen LogP contribution in [0.3, 0.4) is 0 Å². The van der Waals surface area contributed by atoms with Crippen LogP contribution in [0.5, 0.6) is 0 Å². The first kappa shape index (κ1) is 16.4. The Balaban J connectivity index is 2.53. The highest BCUT2D eigenvalue weighted by Crippen LogP contribution is 2.17. The normalized spacial score (nSPS) is 11.2. The Kier molecular flexibility index (Phi) is 5.50. The standard InChI is InChI=1S/C13H21N3O3S/c1-5-6-13(3,4)16-12(19)14-7-9-15-8(2)10(20-9)11(17)18/h5-7H2,1-4H3,(H,17,18)(H2,14,16,19). The van der Waals surface area contributed by atoms with E-state index >= 15 is 0 Å². The van der Waals surface area contributed by atoms with Gasteiger partial charge in [0.1, 0.15) is 9.88 Å². The Morgan fingerprint density at radius 2 is 2.05 bits per heavy atom. The molecule has 0 aliphatic rings. The number of carbonyl (C=O) groups excluding carboxylic acids is 1. The molecule has 0 spiro atoms. The van der Waals surface area contributed by atoms with Gasteiger partial charge in [-0.25, -0.2) is 14.6 Å². The van der Waals surface area contributed by atoms with E-state index in [1.807, 2.05) is 13.8 Å².